The highest BCUT2D eigenvalue weighted by Gasteiger charge is 2.33. The molecule has 3 heterocycles. The van der Waals surface area contributed by atoms with Crippen molar-refractivity contribution in [3.8, 4) is 0 Å². The molecule has 7 nitrogen and oxygen atoms in total. The molecule has 2 atom stereocenters. The van der Waals surface area contributed by atoms with Gasteiger partial charge in [0.05, 0.1) is 19.8 Å². The number of aromatic nitrogens is 2. The van der Waals surface area contributed by atoms with E-state index in [0.29, 0.717) is 38.1 Å². The molecule has 1 aromatic rings. The Hall–Kier alpha value is -1.47. The van der Waals surface area contributed by atoms with Crippen LogP contribution >= 0.6 is 0 Å². The number of nitrogens with zero attached hydrogens (tertiary/aromatic N) is 3. The van der Waals surface area contributed by atoms with Gasteiger partial charge in [0.15, 0.2) is 11.9 Å². The molecule has 0 bridgehead atoms. The maximum atomic E-state index is 12.5. The Balaban J connectivity index is 1.64. The van der Waals surface area contributed by atoms with Crippen molar-refractivity contribution in [2.24, 2.45) is 0 Å². The summed E-state index contributed by atoms with van der Waals surface area (Å²) in [5.41, 5.74) is 0. The average molecular weight is 309 g/mol. The highest BCUT2D eigenvalue weighted by atomic mass is 16.6. The van der Waals surface area contributed by atoms with Crippen LogP contribution in [-0.4, -0.2) is 60.0 Å². The summed E-state index contributed by atoms with van der Waals surface area (Å²) >= 11 is 0. The van der Waals surface area contributed by atoms with Gasteiger partial charge < -0.3 is 18.9 Å². The van der Waals surface area contributed by atoms with E-state index >= 15 is 0 Å². The van der Waals surface area contributed by atoms with E-state index in [0.717, 1.165) is 19.4 Å². The molecule has 0 radical (unpaired) electrons. The van der Waals surface area contributed by atoms with Gasteiger partial charge in [0, 0.05) is 24.9 Å². The van der Waals surface area contributed by atoms with Gasteiger partial charge in [-0.1, -0.05) is 19.0 Å². The molecular weight excluding hydrogens is 286 g/mol. The molecule has 122 valence electrons. The van der Waals surface area contributed by atoms with Gasteiger partial charge >= 0.3 is 0 Å². The Morgan fingerprint density at radius 3 is 2.91 bits per heavy atom. The molecule has 0 saturated carbocycles. The third kappa shape index (κ3) is 3.30. The highest BCUT2D eigenvalue weighted by molar-refractivity contribution is 5.81. The standard InChI is InChI=1S/C15H23N3O4/c1-10(2)14-16-13(17-22-14)11-4-3-5-18(8-11)15(19)12-9-20-6-7-21-12/h10-12H,3-9H2,1-2H3/t11-,12-/m0/s1. The van der Waals surface area contributed by atoms with Gasteiger partial charge in [0.1, 0.15) is 0 Å². The van der Waals surface area contributed by atoms with Crippen LogP contribution in [0.1, 0.15) is 50.2 Å². The van der Waals surface area contributed by atoms with E-state index in [4.69, 9.17) is 14.0 Å². The number of carbonyl (C=O) groups excluding carboxylic acids is 1. The maximum absolute atomic E-state index is 12.5. The molecule has 2 saturated heterocycles. The van der Waals surface area contributed by atoms with Gasteiger partial charge in [-0.05, 0) is 12.8 Å². The minimum Gasteiger partial charge on any atom is -0.376 e. The average Bonchev–Trinajstić information content (AvgIpc) is 3.05. The Kier molecular flexibility index (Phi) is 4.73. The van der Waals surface area contributed by atoms with Crippen molar-refractivity contribution in [2.75, 3.05) is 32.9 Å². The van der Waals surface area contributed by atoms with Gasteiger partial charge in [-0.2, -0.15) is 4.98 Å². The van der Waals surface area contributed by atoms with Crippen LogP contribution in [0.5, 0.6) is 0 Å². The molecule has 1 amide bonds. The number of rotatable bonds is 3. The molecule has 7 heteroatoms. The number of ether oxygens (including phenoxy) is 2. The predicted octanol–water partition coefficient (Wildman–Crippen LogP) is 1.31. The quantitative estimate of drug-likeness (QED) is 0.838. The summed E-state index contributed by atoms with van der Waals surface area (Å²) in [6.07, 6.45) is 1.45. The van der Waals surface area contributed by atoms with Crippen molar-refractivity contribution in [3.05, 3.63) is 11.7 Å². The number of likely N-dealkylation sites (tertiary alicyclic amines) is 1. The Morgan fingerprint density at radius 1 is 1.36 bits per heavy atom. The normalized spacial score (nSPS) is 26.4. The smallest absolute Gasteiger partial charge is 0.254 e. The first-order valence-electron chi connectivity index (χ1n) is 7.96. The van der Waals surface area contributed by atoms with Gasteiger partial charge in [-0.15, -0.1) is 0 Å². The summed E-state index contributed by atoms with van der Waals surface area (Å²) in [5, 5.41) is 4.09. The molecule has 1 aromatic heterocycles. The van der Waals surface area contributed by atoms with E-state index in [1.807, 2.05) is 18.7 Å². The number of hydrogen-bond acceptors (Lipinski definition) is 6. The van der Waals surface area contributed by atoms with Crippen molar-refractivity contribution < 1.29 is 18.8 Å². The number of carbonyl (C=O) groups is 1. The third-order valence-electron chi connectivity index (χ3n) is 4.14. The van der Waals surface area contributed by atoms with Crippen molar-refractivity contribution >= 4 is 5.91 Å². The fraction of sp³-hybridized carbons (Fsp3) is 0.800. The zero-order valence-corrected chi connectivity index (χ0v) is 13.2. The van der Waals surface area contributed by atoms with E-state index in [2.05, 4.69) is 10.1 Å². The molecular formula is C15H23N3O4. The summed E-state index contributed by atoms with van der Waals surface area (Å²) < 4.78 is 16.1. The first kappa shape index (κ1) is 15.4. The minimum absolute atomic E-state index is 0.0111. The zero-order valence-electron chi connectivity index (χ0n) is 13.2. The molecule has 0 aliphatic carbocycles. The Labute approximate surface area is 129 Å². The summed E-state index contributed by atoms with van der Waals surface area (Å²) in [6, 6.07) is 0. The van der Waals surface area contributed by atoms with Gasteiger partial charge in [-0.25, -0.2) is 0 Å². The van der Waals surface area contributed by atoms with Crippen molar-refractivity contribution in [3.63, 3.8) is 0 Å². The highest BCUT2D eigenvalue weighted by Crippen LogP contribution is 2.26. The van der Waals surface area contributed by atoms with Crippen LogP contribution in [0.4, 0.5) is 0 Å². The van der Waals surface area contributed by atoms with Gasteiger partial charge in [0.25, 0.3) is 5.91 Å². The minimum atomic E-state index is -0.469. The van der Waals surface area contributed by atoms with Crippen LogP contribution in [0.3, 0.4) is 0 Å². The molecule has 2 fully saturated rings. The lowest BCUT2D eigenvalue weighted by Gasteiger charge is -2.34. The van der Waals surface area contributed by atoms with Crippen LogP contribution in [0.15, 0.2) is 4.52 Å². The van der Waals surface area contributed by atoms with Crippen LogP contribution in [-0.2, 0) is 14.3 Å². The first-order valence-corrected chi connectivity index (χ1v) is 7.96. The van der Waals surface area contributed by atoms with E-state index in [1.54, 1.807) is 0 Å². The van der Waals surface area contributed by atoms with Crippen molar-refractivity contribution in [2.45, 2.75) is 44.6 Å². The number of amides is 1. The monoisotopic (exact) mass is 309 g/mol. The Morgan fingerprint density at radius 2 is 2.23 bits per heavy atom. The summed E-state index contributed by atoms with van der Waals surface area (Å²) in [6.45, 7) is 6.81. The van der Waals surface area contributed by atoms with E-state index in [9.17, 15) is 4.79 Å². The van der Waals surface area contributed by atoms with Gasteiger partial charge in [-0.3, -0.25) is 4.79 Å². The van der Waals surface area contributed by atoms with Gasteiger partial charge in [0.2, 0.25) is 5.89 Å². The second kappa shape index (κ2) is 6.75. The van der Waals surface area contributed by atoms with Crippen LogP contribution < -0.4 is 0 Å². The fourth-order valence-corrected chi connectivity index (χ4v) is 2.87. The Bertz CT molecular complexity index is 511. The molecule has 0 aromatic carbocycles. The first-order chi connectivity index (χ1) is 10.6. The van der Waals surface area contributed by atoms with Crippen LogP contribution in [0.2, 0.25) is 0 Å². The second-order valence-electron chi connectivity index (χ2n) is 6.20. The van der Waals surface area contributed by atoms with E-state index in [-0.39, 0.29) is 17.7 Å². The van der Waals surface area contributed by atoms with E-state index < -0.39 is 6.10 Å². The number of hydrogen-bond donors (Lipinski definition) is 0. The van der Waals surface area contributed by atoms with Crippen molar-refractivity contribution in [1.29, 1.82) is 0 Å². The van der Waals surface area contributed by atoms with Crippen molar-refractivity contribution in [1.82, 2.24) is 15.0 Å². The number of piperidine rings is 1. The third-order valence-corrected chi connectivity index (χ3v) is 4.14. The summed E-state index contributed by atoms with van der Waals surface area (Å²) in [5.74, 6) is 1.73. The molecule has 0 unspecified atom stereocenters. The fourth-order valence-electron chi connectivity index (χ4n) is 2.87. The largest absolute Gasteiger partial charge is 0.376 e. The SMILES string of the molecule is CC(C)c1nc([C@H]2CCCN(C(=O)[C@@H]3COCCO3)C2)no1. The molecule has 2 aliphatic heterocycles. The van der Waals surface area contributed by atoms with Crippen LogP contribution in [0.25, 0.3) is 0 Å². The molecule has 22 heavy (non-hydrogen) atoms. The lowest BCUT2D eigenvalue weighted by molar-refractivity contribution is -0.159. The lowest BCUT2D eigenvalue weighted by Crippen LogP contribution is -2.48. The van der Waals surface area contributed by atoms with E-state index in [1.165, 1.54) is 0 Å². The molecule has 0 N–H and O–H groups in total. The molecule has 0 spiro atoms. The second-order valence-corrected chi connectivity index (χ2v) is 6.20. The molecule has 2 aliphatic rings. The maximum Gasteiger partial charge on any atom is 0.254 e. The lowest BCUT2D eigenvalue weighted by atomic mass is 9.97. The topological polar surface area (TPSA) is 77.7 Å². The summed E-state index contributed by atoms with van der Waals surface area (Å²) in [7, 11) is 0. The molecule has 3 rings (SSSR count). The predicted molar refractivity (Wildman–Crippen MR) is 77.5 cm³/mol. The zero-order chi connectivity index (χ0) is 15.5. The van der Waals surface area contributed by atoms with Crippen LogP contribution in [0, 0.1) is 0 Å². The summed E-state index contributed by atoms with van der Waals surface area (Å²) in [4.78, 5) is 18.8.